The minimum Gasteiger partial charge on any atom is -0.396 e. The van der Waals surface area contributed by atoms with Crippen molar-refractivity contribution in [1.29, 1.82) is 0 Å². The van der Waals surface area contributed by atoms with Gasteiger partial charge in [-0.15, -0.1) is 0 Å². The lowest BCUT2D eigenvalue weighted by atomic mass is 10.0. The van der Waals surface area contributed by atoms with Gasteiger partial charge in [-0.1, -0.05) is 0 Å². The summed E-state index contributed by atoms with van der Waals surface area (Å²) >= 11 is 0. The van der Waals surface area contributed by atoms with E-state index in [0.717, 1.165) is 12.3 Å². The van der Waals surface area contributed by atoms with Crippen molar-refractivity contribution < 1.29 is 5.11 Å². The van der Waals surface area contributed by atoms with Gasteiger partial charge < -0.3 is 10.0 Å². The Morgan fingerprint density at radius 1 is 1.50 bits per heavy atom. The Kier molecular flexibility index (Phi) is 4.02. The Morgan fingerprint density at radius 2 is 2.25 bits per heavy atom. The molecule has 0 aliphatic carbocycles. The second kappa shape index (κ2) is 4.83. The van der Waals surface area contributed by atoms with Crippen LogP contribution in [0.1, 0.15) is 33.1 Å². The number of likely N-dealkylation sites (tertiary alicyclic amines) is 1. The molecule has 1 saturated heterocycles. The van der Waals surface area contributed by atoms with Crippen molar-refractivity contribution in [2.45, 2.75) is 39.2 Å². The predicted octanol–water partition coefficient (Wildman–Crippen LogP) is 1.49. The van der Waals surface area contributed by atoms with Crippen LogP contribution < -0.4 is 0 Å². The molecular formula is C10H21NO. The minimum absolute atomic E-state index is 0.359. The summed E-state index contributed by atoms with van der Waals surface area (Å²) in [6.07, 6.45) is 3.52. The molecule has 1 fully saturated rings. The lowest BCUT2D eigenvalue weighted by molar-refractivity contribution is 0.249. The van der Waals surface area contributed by atoms with Crippen molar-refractivity contribution in [3.05, 3.63) is 0 Å². The van der Waals surface area contributed by atoms with Gasteiger partial charge in [0.25, 0.3) is 0 Å². The van der Waals surface area contributed by atoms with Crippen LogP contribution in [0.5, 0.6) is 0 Å². The van der Waals surface area contributed by atoms with Crippen LogP contribution in [0.25, 0.3) is 0 Å². The third kappa shape index (κ3) is 2.76. The summed E-state index contributed by atoms with van der Waals surface area (Å²) in [7, 11) is 0. The van der Waals surface area contributed by atoms with E-state index in [-0.39, 0.29) is 0 Å². The summed E-state index contributed by atoms with van der Waals surface area (Å²) < 4.78 is 0. The highest BCUT2D eigenvalue weighted by Crippen LogP contribution is 2.22. The highest BCUT2D eigenvalue weighted by atomic mass is 16.2. The summed E-state index contributed by atoms with van der Waals surface area (Å²) in [6, 6.07) is 0.698. The largest absolute Gasteiger partial charge is 0.396 e. The molecular weight excluding hydrogens is 150 g/mol. The van der Waals surface area contributed by atoms with Crippen LogP contribution in [0, 0.1) is 5.92 Å². The Morgan fingerprint density at radius 3 is 2.75 bits per heavy atom. The first-order valence-corrected chi connectivity index (χ1v) is 5.09. The standard InChI is InChI=1S/C10H21NO/c1-9(2)11-6-5-10(8-11)4-3-7-12/h9-10,12H,3-8H2,1-2H3. The van der Waals surface area contributed by atoms with Crippen LogP contribution in [-0.2, 0) is 0 Å². The van der Waals surface area contributed by atoms with Gasteiger partial charge in [0, 0.05) is 19.2 Å². The molecule has 0 aromatic carbocycles. The van der Waals surface area contributed by atoms with E-state index in [1.54, 1.807) is 0 Å². The van der Waals surface area contributed by atoms with Gasteiger partial charge in [-0.2, -0.15) is 0 Å². The molecule has 1 N–H and O–H groups in total. The smallest absolute Gasteiger partial charge is 0.0431 e. The first-order valence-electron chi connectivity index (χ1n) is 5.09. The quantitative estimate of drug-likeness (QED) is 0.692. The van der Waals surface area contributed by atoms with Crippen LogP contribution in [0.15, 0.2) is 0 Å². The molecule has 1 rings (SSSR count). The molecule has 72 valence electrons. The lowest BCUT2D eigenvalue weighted by Gasteiger charge is -2.20. The van der Waals surface area contributed by atoms with E-state index in [0.29, 0.717) is 12.6 Å². The average molecular weight is 171 g/mol. The number of aliphatic hydroxyl groups excluding tert-OH is 1. The molecule has 0 aromatic heterocycles. The SMILES string of the molecule is CC(C)N1CCC(CCCO)C1. The van der Waals surface area contributed by atoms with E-state index in [9.17, 15) is 0 Å². The van der Waals surface area contributed by atoms with Crippen molar-refractivity contribution >= 4 is 0 Å². The van der Waals surface area contributed by atoms with Gasteiger partial charge in [-0.05, 0) is 45.6 Å². The van der Waals surface area contributed by atoms with Gasteiger partial charge in [-0.3, -0.25) is 0 Å². The second-order valence-corrected chi connectivity index (χ2v) is 4.11. The molecule has 0 saturated carbocycles. The van der Waals surface area contributed by atoms with Gasteiger partial charge in [-0.25, -0.2) is 0 Å². The molecule has 1 aliphatic heterocycles. The molecule has 0 spiro atoms. The highest BCUT2D eigenvalue weighted by Gasteiger charge is 2.23. The fraction of sp³-hybridized carbons (Fsp3) is 1.00. The summed E-state index contributed by atoms with van der Waals surface area (Å²) in [5.41, 5.74) is 0. The molecule has 1 atom stereocenters. The zero-order valence-corrected chi connectivity index (χ0v) is 8.29. The third-order valence-electron chi connectivity index (χ3n) is 2.82. The van der Waals surface area contributed by atoms with Crippen molar-refractivity contribution in [3.63, 3.8) is 0 Å². The predicted molar refractivity (Wildman–Crippen MR) is 51.1 cm³/mol. The zero-order chi connectivity index (χ0) is 8.97. The van der Waals surface area contributed by atoms with Crippen LogP contribution in [0.3, 0.4) is 0 Å². The first-order chi connectivity index (χ1) is 5.74. The first kappa shape index (κ1) is 10.0. The van der Waals surface area contributed by atoms with Crippen molar-refractivity contribution in [3.8, 4) is 0 Å². The van der Waals surface area contributed by atoms with E-state index in [1.165, 1.54) is 25.9 Å². The maximum atomic E-state index is 8.69. The van der Waals surface area contributed by atoms with Crippen LogP contribution in [0.4, 0.5) is 0 Å². The molecule has 0 aromatic rings. The van der Waals surface area contributed by atoms with E-state index in [1.807, 2.05) is 0 Å². The molecule has 0 radical (unpaired) electrons. The van der Waals surface area contributed by atoms with Gasteiger partial charge >= 0.3 is 0 Å². The highest BCUT2D eigenvalue weighted by molar-refractivity contribution is 4.77. The van der Waals surface area contributed by atoms with E-state index >= 15 is 0 Å². The molecule has 2 heteroatoms. The second-order valence-electron chi connectivity index (χ2n) is 4.11. The van der Waals surface area contributed by atoms with Crippen LogP contribution in [0.2, 0.25) is 0 Å². The summed E-state index contributed by atoms with van der Waals surface area (Å²) in [4.78, 5) is 2.53. The molecule has 1 unspecified atom stereocenters. The van der Waals surface area contributed by atoms with E-state index < -0.39 is 0 Å². The number of hydrogen-bond acceptors (Lipinski definition) is 2. The number of rotatable bonds is 4. The number of nitrogens with zero attached hydrogens (tertiary/aromatic N) is 1. The summed E-state index contributed by atoms with van der Waals surface area (Å²) in [6.45, 7) is 7.38. The lowest BCUT2D eigenvalue weighted by Crippen LogP contribution is -2.28. The van der Waals surface area contributed by atoms with Gasteiger partial charge in [0.15, 0.2) is 0 Å². The fourth-order valence-electron chi connectivity index (χ4n) is 1.95. The molecule has 0 amide bonds. The molecule has 1 heterocycles. The monoisotopic (exact) mass is 171 g/mol. The Bertz CT molecular complexity index is 125. The Balaban J connectivity index is 2.17. The van der Waals surface area contributed by atoms with Crippen molar-refractivity contribution in [2.75, 3.05) is 19.7 Å². The van der Waals surface area contributed by atoms with Gasteiger partial charge in [0.2, 0.25) is 0 Å². The van der Waals surface area contributed by atoms with Crippen LogP contribution in [-0.4, -0.2) is 35.7 Å². The third-order valence-corrected chi connectivity index (χ3v) is 2.82. The van der Waals surface area contributed by atoms with Crippen molar-refractivity contribution in [1.82, 2.24) is 4.90 Å². The van der Waals surface area contributed by atoms with Crippen LogP contribution >= 0.6 is 0 Å². The Hall–Kier alpha value is -0.0800. The fourth-order valence-corrected chi connectivity index (χ4v) is 1.95. The average Bonchev–Trinajstić information content (AvgIpc) is 2.48. The summed E-state index contributed by atoms with van der Waals surface area (Å²) in [5, 5.41) is 8.69. The van der Waals surface area contributed by atoms with Gasteiger partial charge in [0.05, 0.1) is 0 Å². The normalized spacial score (nSPS) is 25.5. The zero-order valence-electron chi connectivity index (χ0n) is 8.29. The van der Waals surface area contributed by atoms with Gasteiger partial charge in [0.1, 0.15) is 0 Å². The topological polar surface area (TPSA) is 23.5 Å². The molecule has 1 aliphatic rings. The van der Waals surface area contributed by atoms with Crippen molar-refractivity contribution in [2.24, 2.45) is 5.92 Å². The van der Waals surface area contributed by atoms with E-state index in [4.69, 9.17) is 5.11 Å². The number of hydrogen-bond donors (Lipinski definition) is 1. The van der Waals surface area contributed by atoms with E-state index in [2.05, 4.69) is 18.7 Å². The maximum absolute atomic E-state index is 8.69. The molecule has 2 nitrogen and oxygen atoms in total. The molecule has 0 bridgehead atoms. The number of aliphatic hydroxyl groups is 1. The maximum Gasteiger partial charge on any atom is 0.0431 e. The minimum atomic E-state index is 0.359. The Labute approximate surface area is 75.6 Å². The molecule has 12 heavy (non-hydrogen) atoms. The summed E-state index contributed by atoms with van der Waals surface area (Å²) in [5.74, 6) is 0.847.